The summed E-state index contributed by atoms with van der Waals surface area (Å²) in [6, 6.07) is 7.34. The van der Waals surface area contributed by atoms with Crippen LogP contribution in [-0.4, -0.2) is 41.3 Å². The van der Waals surface area contributed by atoms with Gasteiger partial charge >= 0.3 is 5.97 Å². The topological polar surface area (TPSA) is 95.9 Å². The molecule has 20 heavy (non-hydrogen) atoms. The maximum atomic E-state index is 11.3. The maximum Gasteiger partial charge on any atom is 0.334 e. The first-order chi connectivity index (χ1) is 9.49. The molecule has 0 fully saturated rings. The van der Waals surface area contributed by atoms with Gasteiger partial charge in [-0.25, -0.2) is 4.79 Å². The fraction of sp³-hybridized carbons (Fsp3) is 0.385. The summed E-state index contributed by atoms with van der Waals surface area (Å²) in [4.78, 5) is 21.7. The molecule has 1 rings (SSSR count). The van der Waals surface area contributed by atoms with Gasteiger partial charge in [0.1, 0.15) is 5.75 Å². The Morgan fingerprint density at radius 1 is 1.30 bits per heavy atom. The molecule has 0 aliphatic rings. The van der Waals surface area contributed by atoms with Gasteiger partial charge in [-0.05, 0) is 30.7 Å². The van der Waals surface area contributed by atoms with Crippen molar-refractivity contribution in [3.63, 3.8) is 0 Å². The monoisotopic (exact) mass is 345 g/mol. The number of benzene rings is 1. The van der Waals surface area contributed by atoms with E-state index in [2.05, 4.69) is 21.2 Å². The zero-order valence-electron chi connectivity index (χ0n) is 10.7. The van der Waals surface area contributed by atoms with Crippen molar-refractivity contribution in [1.29, 1.82) is 0 Å². The predicted molar refractivity (Wildman–Crippen MR) is 75.5 cm³/mol. The van der Waals surface area contributed by atoms with Gasteiger partial charge in [-0.1, -0.05) is 15.9 Å². The summed E-state index contributed by atoms with van der Waals surface area (Å²) in [7, 11) is 0. The lowest BCUT2D eigenvalue weighted by molar-refractivity contribution is -0.146. The van der Waals surface area contributed by atoms with E-state index in [4.69, 9.17) is 14.9 Å². The second-order valence-electron chi connectivity index (χ2n) is 4.06. The first-order valence-corrected chi connectivity index (χ1v) is 6.84. The van der Waals surface area contributed by atoms with Crippen LogP contribution in [0.15, 0.2) is 28.7 Å². The normalized spacial score (nSPS) is 11.7. The number of carboxylic acids is 1. The molecule has 0 bridgehead atoms. The largest absolute Gasteiger partial charge is 0.494 e. The van der Waals surface area contributed by atoms with Crippen LogP contribution in [0.4, 0.5) is 0 Å². The number of amides is 1. The second kappa shape index (κ2) is 8.55. The number of hydrogen-bond acceptors (Lipinski definition) is 4. The zero-order valence-corrected chi connectivity index (χ0v) is 12.3. The van der Waals surface area contributed by atoms with Crippen LogP contribution in [0.2, 0.25) is 0 Å². The first kappa shape index (κ1) is 16.5. The van der Waals surface area contributed by atoms with Gasteiger partial charge in [0.15, 0.2) is 6.10 Å². The molecule has 0 unspecified atom stereocenters. The summed E-state index contributed by atoms with van der Waals surface area (Å²) >= 11 is 3.31. The fourth-order valence-corrected chi connectivity index (χ4v) is 1.60. The quantitative estimate of drug-likeness (QED) is 0.614. The van der Waals surface area contributed by atoms with Gasteiger partial charge in [-0.15, -0.1) is 0 Å². The van der Waals surface area contributed by atoms with Crippen LogP contribution in [0.25, 0.3) is 0 Å². The molecule has 1 amide bonds. The molecule has 0 saturated heterocycles. The highest BCUT2D eigenvalue weighted by Gasteiger charge is 2.13. The Kier molecular flexibility index (Phi) is 7.03. The highest BCUT2D eigenvalue weighted by atomic mass is 79.9. The molecule has 0 aliphatic heterocycles. The molecule has 0 saturated carbocycles. The van der Waals surface area contributed by atoms with Crippen LogP contribution >= 0.6 is 15.9 Å². The fourth-order valence-electron chi connectivity index (χ4n) is 1.34. The van der Waals surface area contributed by atoms with E-state index in [0.717, 1.165) is 10.2 Å². The summed E-state index contributed by atoms with van der Waals surface area (Å²) in [6.07, 6.45) is -0.855. The molecular weight excluding hydrogens is 330 g/mol. The molecule has 1 aromatic carbocycles. The Hall–Kier alpha value is -1.60. The number of rotatable bonds is 8. The first-order valence-electron chi connectivity index (χ1n) is 6.05. The lowest BCUT2D eigenvalue weighted by atomic mass is 10.3. The van der Waals surface area contributed by atoms with Crippen molar-refractivity contribution in [2.45, 2.75) is 18.9 Å². The van der Waals surface area contributed by atoms with Crippen molar-refractivity contribution in [1.82, 2.24) is 5.32 Å². The number of carboxylic acid groups (broad SMARTS) is 1. The lowest BCUT2D eigenvalue weighted by Gasteiger charge is -2.08. The summed E-state index contributed by atoms with van der Waals surface area (Å²) in [5, 5.41) is 19.7. The molecule has 1 atom stereocenters. The summed E-state index contributed by atoms with van der Waals surface area (Å²) in [6.45, 7) is 0.0955. The van der Waals surface area contributed by atoms with Crippen molar-refractivity contribution >= 4 is 27.8 Å². The van der Waals surface area contributed by atoms with E-state index in [-0.39, 0.29) is 18.9 Å². The Balaban J connectivity index is 2.13. The van der Waals surface area contributed by atoms with Gasteiger partial charge < -0.3 is 20.3 Å². The summed E-state index contributed by atoms with van der Waals surface area (Å²) < 4.78 is 6.39. The minimum Gasteiger partial charge on any atom is -0.494 e. The van der Waals surface area contributed by atoms with E-state index in [1.807, 2.05) is 24.3 Å². The van der Waals surface area contributed by atoms with Crippen molar-refractivity contribution in [2.24, 2.45) is 0 Å². The van der Waals surface area contributed by atoms with E-state index in [0.29, 0.717) is 13.0 Å². The number of nitrogens with one attached hydrogen (secondary N) is 1. The van der Waals surface area contributed by atoms with Gasteiger partial charge in [-0.2, -0.15) is 0 Å². The van der Waals surface area contributed by atoms with Crippen LogP contribution in [-0.2, 0) is 9.59 Å². The minimum absolute atomic E-state index is 0.211. The van der Waals surface area contributed by atoms with Gasteiger partial charge in [0.25, 0.3) is 0 Å². The van der Waals surface area contributed by atoms with Crippen LogP contribution in [0.5, 0.6) is 5.75 Å². The average molecular weight is 346 g/mol. The molecule has 7 heteroatoms. The van der Waals surface area contributed by atoms with Crippen molar-refractivity contribution in [3.05, 3.63) is 28.7 Å². The van der Waals surface area contributed by atoms with Gasteiger partial charge in [-0.3, -0.25) is 4.79 Å². The Morgan fingerprint density at radius 2 is 1.95 bits per heavy atom. The SMILES string of the molecule is O=C(CCCOc1ccc(Br)cc1)NC[C@H](O)C(=O)O. The number of carbonyl (C=O) groups is 2. The third kappa shape index (κ3) is 6.53. The van der Waals surface area contributed by atoms with Crippen LogP contribution in [0, 0.1) is 0 Å². The standard InChI is InChI=1S/C13H16BrNO5/c14-9-3-5-10(6-4-9)20-7-1-2-12(17)15-8-11(16)13(18)19/h3-6,11,16H,1-2,7-8H2,(H,15,17)(H,18,19)/t11-/m0/s1. The molecule has 0 aromatic heterocycles. The highest BCUT2D eigenvalue weighted by molar-refractivity contribution is 9.10. The van der Waals surface area contributed by atoms with E-state index in [1.54, 1.807) is 0 Å². The highest BCUT2D eigenvalue weighted by Crippen LogP contribution is 2.16. The van der Waals surface area contributed by atoms with E-state index in [1.165, 1.54) is 0 Å². The average Bonchev–Trinajstić information content (AvgIpc) is 2.42. The number of hydrogen-bond donors (Lipinski definition) is 3. The molecule has 110 valence electrons. The molecule has 0 aliphatic carbocycles. The predicted octanol–water partition coefficient (Wildman–Crippen LogP) is 1.17. The molecule has 0 radical (unpaired) electrons. The number of aliphatic carboxylic acids is 1. The van der Waals surface area contributed by atoms with Gasteiger partial charge in [0.2, 0.25) is 5.91 Å². The Morgan fingerprint density at radius 3 is 2.55 bits per heavy atom. The van der Waals surface area contributed by atoms with Crippen LogP contribution in [0.1, 0.15) is 12.8 Å². The zero-order chi connectivity index (χ0) is 15.0. The van der Waals surface area contributed by atoms with Crippen molar-refractivity contribution < 1.29 is 24.5 Å². The smallest absolute Gasteiger partial charge is 0.334 e. The van der Waals surface area contributed by atoms with Crippen LogP contribution in [0.3, 0.4) is 0 Å². The number of ether oxygens (including phenoxy) is 1. The Labute approximate surface area is 124 Å². The third-order valence-corrected chi connectivity index (χ3v) is 2.94. The summed E-state index contributed by atoms with van der Waals surface area (Å²) in [5.41, 5.74) is 0. The van der Waals surface area contributed by atoms with E-state index in [9.17, 15) is 9.59 Å². The van der Waals surface area contributed by atoms with Gasteiger partial charge in [0.05, 0.1) is 13.2 Å². The summed E-state index contributed by atoms with van der Waals surface area (Å²) in [5.74, 6) is -0.955. The molecular formula is C13H16BrNO5. The van der Waals surface area contributed by atoms with Crippen LogP contribution < -0.4 is 10.1 Å². The number of aliphatic hydroxyl groups is 1. The van der Waals surface area contributed by atoms with Crippen molar-refractivity contribution in [2.75, 3.05) is 13.2 Å². The van der Waals surface area contributed by atoms with E-state index >= 15 is 0 Å². The van der Waals surface area contributed by atoms with Gasteiger partial charge in [0, 0.05) is 10.9 Å². The number of carbonyl (C=O) groups excluding carboxylic acids is 1. The Bertz CT molecular complexity index is 449. The number of halogens is 1. The lowest BCUT2D eigenvalue weighted by Crippen LogP contribution is -2.36. The molecule has 0 spiro atoms. The second-order valence-corrected chi connectivity index (χ2v) is 4.98. The maximum absolute atomic E-state index is 11.3. The van der Waals surface area contributed by atoms with Crippen molar-refractivity contribution in [3.8, 4) is 5.75 Å². The minimum atomic E-state index is -1.57. The molecule has 6 nitrogen and oxygen atoms in total. The molecule has 3 N–H and O–H groups in total. The molecule has 0 heterocycles. The van der Waals surface area contributed by atoms with E-state index < -0.39 is 12.1 Å². The number of aliphatic hydroxyl groups excluding tert-OH is 1. The third-order valence-electron chi connectivity index (χ3n) is 2.41. The molecule has 1 aromatic rings.